The lowest BCUT2D eigenvalue weighted by Crippen LogP contribution is -2.42. The number of ether oxygens (including phenoxy) is 1. The first-order valence-corrected chi connectivity index (χ1v) is 5.37. The van der Waals surface area contributed by atoms with E-state index in [-0.39, 0.29) is 10.6 Å². The van der Waals surface area contributed by atoms with Gasteiger partial charge in [-0.25, -0.2) is 9.59 Å². The smallest absolute Gasteiger partial charge is 0.346 e. The highest BCUT2D eigenvalue weighted by atomic mass is 32.1. The van der Waals surface area contributed by atoms with E-state index < -0.39 is 24.0 Å². The first-order chi connectivity index (χ1) is 7.90. The van der Waals surface area contributed by atoms with Crippen molar-refractivity contribution >= 4 is 29.2 Å². The Labute approximate surface area is 100 Å². The number of nitrogens with two attached hydrogens (primary N) is 1. The van der Waals surface area contributed by atoms with Gasteiger partial charge in [-0.1, -0.05) is 0 Å². The summed E-state index contributed by atoms with van der Waals surface area (Å²) in [5.41, 5.74) is 4.77. The lowest BCUT2D eigenvalue weighted by atomic mass is 10.3. The maximum Gasteiger partial charge on any atom is 0.346 e. The quantitative estimate of drug-likeness (QED) is 0.722. The molecule has 7 nitrogen and oxygen atoms in total. The number of hydrogen-bond donors (Lipinski definition) is 3. The van der Waals surface area contributed by atoms with Crippen molar-refractivity contribution in [3.05, 3.63) is 16.3 Å². The molecule has 4 N–H and O–H groups in total. The van der Waals surface area contributed by atoms with Gasteiger partial charge >= 0.3 is 12.0 Å². The Morgan fingerprint density at radius 1 is 1.53 bits per heavy atom. The molecular weight excluding hydrogens is 248 g/mol. The summed E-state index contributed by atoms with van der Waals surface area (Å²) in [5.74, 6) is -1.51. The second kappa shape index (κ2) is 5.30. The molecule has 1 unspecified atom stereocenters. The van der Waals surface area contributed by atoms with E-state index in [0.29, 0.717) is 0 Å². The molecule has 1 aromatic heterocycles. The predicted molar refractivity (Wildman–Crippen MR) is 59.1 cm³/mol. The molecule has 0 fully saturated rings. The fourth-order valence-corrected chi connectivity index (χ4v) is 1.63. The van der Waals surface area contributed by atoms with E-state index in [1.807, 2.05) is 5.32 Å². The molecule has 0 aliphatic rings. The Hall–Kier alpha value is -2.09. The summed E-state index contributed by atoms with van der Waals surface area (Å²) >= 11 is 0.977. The summed E-state index contributed by atoms with van der Waals surface area (Å²) in [6.45, 7) is 1.41. The monoisotopic (exact) mass is 258 g/mol. The molecule has 0 saturated carbocycles. The van der Waals surface area contributed by atoms with Crippen molar-refractivity contribution in [3.63, 3.8) is 0 Å². The van der Waals surface area contributed by atoms with Crippen LogP contribution in [0.3, 0.4) is 0 Å². The summed E-state index contributed by atoms with van der Waals surface area (Å²) in [4.78, 5) is 32.4. The number of hydrogen-bond acceptors (Lipinski definition) is 5. The van der Waals surface area contributed by atoms with E-state index in [1.165, 1.54) is 18.4 Å². The second-order valence-electron chi connectivity index (χ2n) is 3.07. The molecule has 17 heavy (non-hydrogen) atoms. The highest BCUT2D eigenvalue weighted by molar-refractivity contribution is 7.12. The summed E-state index contributed by atoms with van der Waals surface area (Å²) in [6, 6.07) is 0.322. The maximum absolute atomic E-state index is 11.2. The van der Waals surface area contributed by atoms with Gasteiger partial charge in [-0.05, 0) is 6.92 Å². The molecule has 8 heteroatoms. The number of rotatable bonds is 4. The second-order valence-corrected chi connectivity index (χ2v) is 3.98. The Morgan fingerprint density at radius 2 is 2.18 bits per heavy atom. The number of primary amides is 1. The third-order valence-corrected chi connectivity index (χ3v) is 2.61. The highest BCUT2D eigenvalue weighted by Crippen LogP contribution is 2.22. The van der Waals surface area contributed by atoms with E-state index in [0.717, 1.165) is 11.3 Å². The molecule has 1 rings (SSSR count). The van der Waals surface area contributed by atoms with Crippen molar-refractivity contribution in [2.75, 3.05) is 0 Å². The van der Waals surface area contributed by atoms with Crippen molar-refractivity contribution in [2.45, 2.75) is 13.0 Å². The summed E-state index contributed by atoms with van der Waals surface area (Å²) < 4.78 is 5.14. The molecule has 0 aliphatic carbocycles. The number of carbonyl (C=O) groups excluding carboxylic acids is 2. The van der Waals surface area contributed by atoms with Crippen molar-refractivity contribution in [2.24, 2.45) is 5.73 Å². The van der Waals surface area contributed by atoms with Gasteiger partial charge in [0.15, 0.2) is 6.10 Å². The van der Waals surface area contributed by atoms with Crippen LogP contribution in [0.25, 0.3) is 0 Å². The van der Waals surface area contributed by atoms with E-state index in [2.05, 4.69) is 0 Å². The van der Waals surface area contributed by atoms with Gasteiger partial charge in [0.25, 0.3) is 5.91 Å². The Morgan fingerprint density at radius 3 is 2.65 bits per heavy atom. The largest absolute Gasteiger partial charge is 0.480 e. The predicted octanol–water partition coefficient (Wildman–Crippen LogP) is 0.409. The summed E-state index contributed by atoms with van der Waals surface area (Å²) in [5, 5.41) is 12.0. The van der Waals surface area contributed by atoms with Crippen molar-refractivity contribution < 1.29 is 24.2 Å². The molecular formula is C9H10N2O5S. The lowest BCUT2D eigenvalue weighted by molar-refractivity contribution is -0.126. The number of amides is 3. The van der Waals surface area contributed by atoms with Gasteiger partial charge in [0.1, 0.15) is 10.6 Å². The molecule has 1 aromatic rings. The molecule has 0 aliphatic heterocycles. The van der Waals surface area contributed by atoms with E-state index >= 15 is 0 Å². The van der Waals surface area contributed by atoms with Crippen LogP contribution in [0.5, 0.6) is 5.75 Å². The molecule has 1 atom stereocenters. The summed E-state index contributed by atoms with van der Waals surface area (Å²) in [7, 11) is 0. The van der Waals surface area contributed by atoms with E-state index in [1.54, 1.807) is 0 Å². The number of nitrogens with one attached hydrogen (secondary N) is 1. The number of carbonyl (C=O) groups is 3. The minimum atomic E-state index is -1.07. The normalized spacial score (nSPS) is 11.6. The van der Waals surface area contributed by atoms with Gasteiger partial charge < -0.3 is 15.6 Å². The third-order valence-electron chi connectivity index (χ3n) is 1.71. The Balaban J connectivity index is 2.61. The molecule has 92 valence electrons. The lowest BCUT2D eigenvalue weighted by Gasteiger charge is -2.11. The van der Waals surface area contributed by atoms with Crippen molar-refractivity contribution in [1.82, 2.24) is 5.32 Å². The first kappa shape index (κ1) is 13.0. The van der Waals surface area contributed by atoms with Gasteiger partial charge in [-0.15, -0.1) is 11.3 Å². The molecule has 0 spiro atoms. The van der Waals surface area contributed by atoms with Gasteiger partial charge in [0.05, 0.1) is 0 Å². The summed E-state index contributed by atoms with van der Waals surface area (Å²) in [6.07, 6.45) is -0.946. The molecule has 0 radical (unpaired) electrons. The number of imide groups is 1. The number of carboxylic acid groups (broad SMARTS) is 1. The van der Waals surface area contributed by atoms with Crippen molar-refractivity contribution in [3.8, 4) is 5.75 Å². The minimum Gasteiger partial charge on any atom is -0.480 e. The van der Waals surface area contributed by atoms with Crippen LogP contribution < -0.4 is 15.8 Å². The van der Waals surface area contributed by atoms with Crippen molar-refractivity contribution in [1.29, 1.82) is 0 Å². The van der Waals surface area contributed by atoms with E-state index in [4.69, 9.17) is 15.6 Å². The zero-order chi connectivity index (χ0) is 13.0. The Bertz CT molecular complexity index is 456. The third kappa shape index (κ3) is 3.76. The number of thiophene rings is 1. The zero-order valence-corrected chi connectivity index (χ0v) is 9.61. The standard InChI is InChI=1S/C9H10N2O5S/c1-4(7(12)11-9(10)15)16-5-2-6(8(13)14)17-3-5/h2-4H,1H3,(H,13,14)(H3,10,11,12,15). The van der Waals surface area contributed by atoms with Crippen LogP contribution in [0, 0.1) is 0 Å². The molecule has 0 bridgehead atoms. The van der Waals surface area contributed by atoms with E-state index in [9.17, 15) is 14.4 Å². The fraction of sp³-hybridized carbons (Fsp3) is 0.222. The zero-order valence-electron chi connectivity index (χ0n) is 8.80. The molecule has 3 amide bonds. The van der Waals surface area contributed by atoms with Crippen LogP contribution in [-0.4, -0.2) is 29.1 Å². The highest BCUT2D eigenvalue weighted by Gasteiger charge is 2.17. The number of carboxylic acids is 1. The van der Waals surface area contributed by atoms with Gasteiger partial charge in [0, 0.05) is 11.4 Å². The van der Waals surface area contributed by atoms with Crippen LogP contribution in [0.4, 0.5) is 4.79 Å². The van der Waals surface area contributed by atoms with Gasteiger partial charge in [0.2, 0.25) is 0 Å². The fourth-order valence-electron chi connectivity index (χ4n) is 0.973. The van der Waals surface area contributed by atoms with Crippen LogP contribution in [0.2, 0.25) is 0 Å². The van der Waals surface area contributed by atoms with Gasteiger partial charge in [-0.2, -0.15) is 0 Å². The average molecular weight is 258 g/mol. The first-order valence-electron chi connectivity index (χ1n) is 4.49. The Kier molecular flexibility index (Phi) is 4.05. The van der Waals surface area contributed by atoms with Crippen LogP contribution in [0.1, 0.15) is 16.6 Å². The topological polar surface area (TPSA) is 119 Å². The molecule has 1 heterocycles. The van der Waals surface area contributed by atoms with Gasteiger partial charge in [-0.3, -0.25) is 10.1 Å². The SMILES string of the molecule is CC(Oc1csc(C(=O)O)c1)C(=O)NC(N)=O. The minimum absolute atomic E-state index is 0.0995. The number of aromatic carboxylic acids is 1. The number of urea groups is 1. The molecule has 0 aromatic carbocycles. The van der Waals surface area contributed by atoms with Crippen LogP contribution in [0.15, 0.2) is 11.4 Å². The maximum atomic E-state index is 11.2. The van der Waals surface area contributed by atoms with Crippen LogP contribution in [-0.2, 0) is 4.79 Å². The molecule has 0 saturated heterocycles. The average Bonchev–Trinajstić information content (AvgIpc) is 2.65. The van der Waals surface area contributed by atoms with Crippen LogP contribution >= 0.6 is 11.3 Å².